The molecule has 2 aromatic rings. The topological polar surface area (TPSA) is 75.4 Å². The van der Waals surface area contributed by atoms with Crippen molar-refractivity contribution in [1.82, 2.24) is 0 Å². The molecular formula is C20H22BrN3O2S. The molecule has 1 fully saturated rings. The second-order valence-corrected chi connectivity index (χ2v) is 8.40. The number of nitrogens with zero attached hydrogens (tertiary/aromatic N) is 1. The van der Waals surface area contributed by atoms with Crippen LogP contribution in [0.1, 0.15) is 29.6 Å². The van der Waals surface area contributed by atoms with E-state index >= 15 is 0 Å². The van der Waals surface area contributed by atoms with E-state index in [1.165, 1.54) is 18.2 Å². The molecule has 0 atom stereocenters. The normalized spacial score (nSPS) is 14.0. The number of hydrogen-bond acceptors (Lipinski definition) is 4. The molecule has 7 heteroatoms. The largest absolute Gasteiger partial charge is 0.370 e. The van der Waals surface area contributed by atoms with Gasteiger partial charge < -0.3 is 16.0 Å². The molecule has 2 aromatic carbocycles. The molecule has 27 heavy (non-hydrogen) atoms. The molecule has 1 aliphatic rings. The van der Waals surface area contributed by atoms with Crippen LogP contribution in [0, 0.1) is 0 Å². The number of thioether (sulfide) groups is 1. The number of anilines is 2. The standard InChI is InChI=1S/C20H22BrN3O2S/c21-15-5-7-16(8-6-15)27-13-19(25)23-17-12-14(20(22)26)4-9-18(17)24-10-2-1-3-11-24/h4-9,12H,1-3,10-11,13H2,(H2,22,26)(H,23,25). The van der Waals surface area contributed by atoms with Gasteiger partial charge in [0.25, 0.3) is 0 Å². The minimum absolute atomic E-state index is 0.109. The molecule has 0 saturated carbocycles. The monoisotopic (exact) mass is 447 g/mol. The van der Waals surface area contributed by atoms with Crippen LogP contribution < -0.4 is 16.0 Å². The van der Waals surface area contributed by atoms with E-state index in [0.717, 1.165) is 41.0 Å². The Morgan fingerprint density at radius 3 is 2.44 bits per heavy atom. The van der Waals surface area contributed by atoms with Gasteiger partial charge in [-0.05, 0) is 61.7 Å². The van der Waals surface area contributed by atoms with Crippen LogP contribution in [0.3, 0.4) is 0 Å². The van der Waals surface area contributed by atoms with Crippen molar-refractivity contribution in [2.75, 3.05) is 29.1 Å². The second-order valence-electron chi connectivity index (χ2n) is 6.43. The molecule has 3 rings (SSSR count). The third kappa shape index (κ3) is 5.49. The maximum Gasteiger partial charge on any atom is 0.248 e. The number of amides is 2. The lowest BCUT2D eigenvalue weighted by molar-refractivity contribution is -0.113. The molecular weight excluding hydrogens is 426 g/mol. The molecule has 0 bridgehead atoms. The summed E-state index contributed by atoms with van der Waals surface area (Å²) in [4.78, 5) is 27.3. The summed E-state index contributed by atoms with van der Waals surface area (Å²) >= 11 is 4.87. The van der Waals surface area contributed by atoms with Gasteiger partial charge in [0.1, 0.15) is 0 Å². The highest BCUT2D eigenvalue weighted by atomic mass is 79.9. The van der Waals surface area contributed by atoms with Gasteiger partial charge in [0, 0.05) is 28.0 Å². The van der Waals surface area contributed by atoms with Crippen LogP contribution in [0.5, 0.6) is 0 Å². The molecule has 0 radical (unpaired) electrons. The highest BCUT2D eigenvalue weighted by molar-refractivity contribution is 9.10. The van der Waals surface area contributed by atoms with Crippen LogP contribution >= 0.6 is 27.7 Å². The van der Waals surface area contributed by atoms with Crippen molar-refractivity contribution in [3.05, 3.63) is 52.5 Å². The minimum atomic E-state index is -0.500. The quantitative estimate of drug-likeness (QED) is 0.648. The van der Waals surface area contributed by atoms with Gasteiger partial charge in [-0.3, -0.25) is 9.59 Å². The Balaban J connectivity index is 1.72. The molecule has 1 heterocycles. The van der Waals surface area contributed by atoms with Gasteiger partial charge in [0.05, 0.1) is 17.1 Å². The fourth-order valence-corrected chi connectivity index (χ4v) is 4.03. The number of carbonyl (C=O) groups excluding carboxylic acids is 2. The van der Waals surface area contributed by atoms with E-state index in [0.29, 0.717) is 17.0 Å². The van der Waals surface area contributed by atoms with E-state index in [4.69, 9.17) is 5.73 Å². The number of hydrogen-bond donors (Lipinski definition) is 2. The molecule has 2 amide bonds. The lowest BCUT2D eigenvalue weighted by atomic mass is 10.1. The zero-order valence-corrected chi connectivity index (χ0v) is 17.3. The van der Waals surface area contributed by atoms with E-state index in [-0.39, 0.29) is 5.91 Å². The van der Waals surface area contributed by atoms with E-state index in [9.17, 15) is 9.59 Å². The molecule has 0 spiro atoms. The zero-order chi connectivity index (χ0) is 19.2. The van der Waals surface area contributed by atoms with Crippen LogP contribution in [-0.4, -0.2) is 30.7 Å². The SMILES string of the molecule is NC(=O)c1ccc(N2CCCCC2)c(NC(=O)CSc2ccc(Br)cc2)c1. The lowest BCUT2D eigenvalue weighted by Crippen LogP contribution is -2.30. The summed E-state index contributed by atoms with van der Waals surface area (Å²) in [5.41, 5.74) is 7.40. The van der Waals surface area contributed by atoms with Crippen molar-refractivity contribution in [2.45, 2.75) is 24.2 Å². The molecule has 1 saturated heterocycles. The van der Waals surface area contributed by atoms with Gasteiger partial charge in [-0.25, -0.2) is 0 Å². The van der Waals surface area contributed by atoms with Gasteiger partial charge in [0.15, 0.2) is 0 Å². The number of nitrogens with one attached hydrogen (secondary N) is 1. The number of halogens is 1. The van der Waals surface area contributed by atoms with Crippen molar-refractivity contribution in [3.63, 3.8) is 0 Å². The van der Waals surface area contributed by atoms with Gasteiger partial charge in [-0.1, -0.05) is 15.9 Å². The fraction of sp³-hybridized carbons (Fsp3) is 0.300. The van der Waals surface area contributed by atoms with Crippen molar-refractivity contribution in [3.8, 4) is 0 Å². The summed E-state index contributed by atoms with van der Waals surface area (Å²) in [6.07, 6.45) is 3.48. The third-order valence-corrected chi connectivity index (χ3v) is 5.98. The Bertz CT molecular complexity index is 820. The first kappa shape index (κ1) is 19.8. The molecule has 0 unspecified atom stereocenters. The lowest BCUT2D eigenvalue weighted by Gasteiger charge is -2.30. The van der Waals surface area contributed by atoms with Crippen LogP contribution in [-0.2, 0) is 4.79 Å². The average molecular weight is 448 g/mol. The first-order chi connectivity index (χ1) is 13.0. The average Bonchev–Trinajstić information content (AvgIpc) is 2.68. The predicted molar refractivity (Wildman–Crippen MR) is 115 cm³/mol. The van der Waals surface area contributed by atoms with Crippen molar-refractivity contribution >= 4 is 50.9 Å². The van der Waals surface area contributed by atoms with Crippen molar-refractivity contribution in [1.29, 1.82) is 0 Å². The Kier molecular flexibility index (Phi) is 6.79. The van der Waals surface area contributed by atoms with Crippen molar-refractivity contribution < 1.29 is 9.59 Å². The first-order valence-corrected chi connectivity index (χ1v) is 10.7. The Morgan fingerprint density at radius 2 is 1.78 bits per heavy atom. The van der Waals surface area contributed by atoms with Crippen molar-refractivity contribution in [2.24, 2.45) is 5.73 Å². The molecule has 0 aromatic heterocycles. The molecule has 3 N–H and O–H groups in total. The predicted octanol–water partition coefficient (Wildman–Crippen LogP) is 4.27. The van der Waals surface area contributed by atoms with Crippen LogP contribution in [0.2, 0.25) is 0 Å². The van der Waals surface area contributed by atoms with Gasteiger partial charge in [0.2, 0.25) is 11.8 Å². The van der Waals surface area contributed by atoms with Crippen LogP contribution in [0.15, 0.2) is 51.8 Å². The number of benzene rings is 2. The van der Waals surface area contributed by atoms with E-state index in [1.807, 2.05) is 30.3 Å². The highest BCUT2D eigenvalue weighted by Gasteiger charge is 2.17. The summed E-state index contributed by atoms with van der Waals surface area (Å²) < 4.78 is 1.01. The smallest absolute Gasteiger partial charge is 0.248 e. The highest BCUT2D eigenvalue weighted by Crippen LogP contribution is 2.30. The van der Waals surface area contributed by atoms with Gasteiger partial charge in [-0.2, -0.15) is 0 Å². The molecule has 5 nitrogen and oxygen atoms in total. The number of nitrogens with two attached hydrogens (primary N) is 1. The third-order valence-electron chi connectivity index (χ3n) is 4.44. The first-order valence-electron chi connectivity index (χ1n) is 8.90. The van der Waals surface area contributed by atoms with E-state index in [2.05, 4.69) is 26.1 Å². The van der Waals surface area contributed by atoms with Gasteiger partial charge >= 0.3 is 0 Å². The molecule has 1 aliphatic heterocycles. The van der Waals surface area contributed by atoms with Crippen LogP contribution in [0.4, 0.5) is 11.4 Å². The number of primary amides is 1. The number of carbonyl (C=O) groups is 2. The maximum absolute atomic E-state index is 12.5. The van der Waals surface area contributed by atoms with E-state index in [1.54, 1.807) is 12.1 Å². The minimum Gasteiger partial charge on any atom is -0.370 e. The summed E-state index contributed by atoms with van der Waals surface area (Å²) in [7, 11) is 0. The molecule has 0 aliphatic carbocycles. The summed E-state index contributed by atoms with van der Waals surface area (Å²) in [6, 6.07) is 13.1. The number of piperidine rings is 1. The Hall–Kier alpha value is -1.99. The Labute approximate surface area is 171 Å². The summed E-state index contributed by atoms with van der Waals surface area (Å²) in [5, 5.41) is 2.97. The number of rotatable bonds is 6. The van der Waals surface area contributed by atoms with E-state index < -0.39 is 5.91 Å². The fourth-order valence-electron chi connectivity index (χ4n) is 3.07. The van der Waals surface area contributed by atoms with Gasteiger partial charge in [-0.15, -0.1) is 11.8 Å². The summed E-state index contributed by atoms with van der Waals surface area (Å²) in [6.45, 7) is 1.90. The summed E-state index contributed by atoms with van der Waals surface area (Å²) in [5.74, 6) is -0.315. The van der Waals surface area contributed by atoms with Crippen LogP contribution in [0.25, 0.3) is 0 Å². The zero-order valence-electron chi connectivity index (χ0n) is 14.9. The molecule has 142 valence electrons. The second kappa shape index (κ2) is 9.28. The maximum atomic E-state index is 12.5. The Morgan fingerprint density at radius 1 is 1.07 bits per heavy atom.